The molecule has 0 aromatic heterocycles. The van der Waals surface area contributed by atoms with Crippen molar-refractivity contribution >= 4 is 34.9 Å². The van der Waals surface area contributed by atoms with Gasteiger partial charge in [0.05, 0.1) is 21.7 Å². The molecule has 0 radical (unpaired) electrons. The summed E-state index contributed by atoms with van der Waals surface area (Å²) in [7, 11) is 0. The third-order valence-corrected chi connectivity index (χ3v) is 4.14. The molecule has 0 amide bonds. The molecule has 2 rings (SSSR count). The van der Waals surface area contributed by atoms with Gasteiger partial charge in [0, 0.05) is 5.69 Å². The Labute approximate surface area is 133 Å². The number of carboxylic acid groups (broad SMARTS) is 1. The fourth-order valence-corrected chi connectivity index (χ4v) is 2.55. The molecule has 0 spiro atoms. The molecule has 0 saturated carbocycles. The predicted molar refractivity (Wildman–Crippen MR) is 86.6 cm³/mol. The topological polar surface area (TPSA) is 49.3 Å². The molecule has 0 saturated heterocycles. The standard InChI is InChI=1S/C16H15Cl2NO2/c1-9-6-7-11(16(20)21)8-14(9)19-10(2)12-4-3-5-13(17)15(12)18/h3-8,10,19H,1-2H3,(H,20,21). The van der Waals surface area contributed by atoms with Gasteiger partial charge in [-0.1, -0.05) is 41.4 Å². The summed E-state index contributed by atoms with van der Waals surface area (Å²) in [5.41, 5.74) is 2.83. The lowest BCUT2D eigenvalue weighted by Crippen LogP contribution is -2.09. The van der Waals surface area contributed by atoms with Crippen molar-refractivity contribution in [3.63, 3.8) is 0 Å². The van der Waals surface area contributed by atoms with E-state index in [4.69, 9.17) is 28.3 Å². The molecule has 21 heavy (non-hydrogen) atoms. The molecule has 0 aliphatic rings. The van der Waals surface area contributed by atoms with Crippen LogP contribution in [0.4, 0.5) is 5.69 Å². The number of carbonyl (C=O) groups is 1. The van der Waals surface area contributed by atoms with Crippen LogP contribution in [0, 0.1) is 6.92 Å². The first kappa shape index (κ1) is 15.7. The van der Waals surface area contributed by atoms with Crippen molar-refractivity contribution in [2.45, 2.75) is 19.9 Å². The van der Waals surface area contributed by atoms with Crippen LogP contribution in [0.3, 0.4) is 0 Å². The number of aryl methyl sites for hydroxylation is 1. The van der Waals surface area contributed by atoms with E-state index >= 15 is 0 Å². The predicted octanol–water partition coefficient (Wildman–Crippen LogP) is 5.17. The molecule has 0 bridgehead atoms. The Morgan fingerprint density at radius 2 is 1.95 bits per heavy atom. The second-order valence-corrected chi connectivity index (χ2v) is 5.63. The van der Waals surface area contributed by atoms with Crippen molar-refractivity contribution in [3.8, 4) is 0 Å². The maximum Gasteiger partial charge on any atom is 0.335 e. The lowest BCUT2D eigenvalue weighted by atomic mass is 10.1. The maximum absolute atomic E-state index is 11.1. The Kier molecular flexibility index (Phi) is 4.76. The molecule has 2 N–H and O–H groups in total. The van der Waals surface area contributed by atoms with E-state index < -0.39 is 5.97 Å². The third kappa shape index (κ3) is 3.49. The van der Waals surface area contributed by atoms with Crippen LogP contribution in [0.15, 0.2) is 36.4 Å². The van der Waals surface area contributed by atoms with Crippen LogP contribution < -0.4 is 5.32 Å². The van der Waals surface area contributed by atoms with Crippen molar-refractivity contribution in [1.29, 1.82) is 0 Å². The largest absolute Gasteiger partial charge is 0.478 e. The number of halogens is 2. The SMILES string of the molecule is Cc1ccc(C(=O)O)cc1NC(C)c1cccc(Cl)c1Cl. The number of hydrogen-bond acceptors (Lipinski definition) is 2. The Morgan fingerprint density at radius 3 is 2.62 bits per heavy atom. The number of anilines is 1. The van der Waals surface area contributed by atoms with E-state index in [1.54, 1.807) is 24.3 Å². The van der Waals surface area contributed by atoms with Crippen LogP contribution in [0.2, 0.25) is 10.0 Å². The van der Waals surface area contributed by atoms with Gasteiger partial charge in [0.25, 0.3) is 0 Å². The molecule has 0 aliphatic carbocycles. The molecule has 110 valence electrons. The molecule has 2 aromatic carbocycles. The fourth-order valence-electron chi connectivity index (χ4n) is 2.08. The lowest BCUT2D eigenvalue weighted by Gasteiger charge is -2.19. The first-order valence-corrected chi connectivity index (χ1v) is 7.20. The Balaban J connectivity index is 2.31. The third-order valence-electron chi connectivity index (χ3n) is 3.30. The quantitative estimate of drug-likeness (QED) is 0.815. The second-order valence-electron chi connectivity index (χ2n) is 4.84. The van der Waals surface area contributed by atoms with Gasteiger partial charge < -0.3 is 10.4 Å². The molecule has 3 nitrogen and oxygen atoms in total. The summed E-state index contributed by atoms with van der Waals surface area (Å²) in [6, 6.07) is 10.3. The summed E-state index contributed by atoms with van der Waals surface area (Å²) in [5.74, 6) is -0.952. The summed E-state index contributed by atoms with van der Waals surface area (Å²) in [6.07, 6.45) is 0. The van der Waals surface area contributed by atoms with E-state index in [9.17, 15) is 4.79 Å². The maximum atomic E-state index is 11.1. The normalized spacial score (nSPS) is 12.0. The number of benzene rings is 2. The number of carboxylic acids is 1. The fraction of sp³-hybridized carbons (Fsp3) is 0.188. The molecule has 0 heterocycles. The van der Waals surface area contributed by atoms with Crippen LogP contribution in [-0.4, -0.2) is 11.1 Å². The van der Waals surface area contributed by atoms with Crippen LogP contribution in [0.1, 0.15) is 34.5 Å². The minimum absolute atomic E-state index is 0.0982. The van der Waals surface area contributed by atoms with Gasteiger partial charge in [0.1, 0.15) is 0 Å². The Morgan fingerprint density at radius 1 is 1.24 bits per heavy atom. The van der Waals surface area contributed by atoms with Crippen LogP contribution in [0.5, 0.6) is 0 Å². The molecule has 1 unspecified atom stereocenters. The zero-order valence-electron chi connectivity index (χ0n) is 11.7. The van der Waals surface area contributed by atoms with Crippen molar-refractivity contribution in [1.82, 2.24) is 0 Å². The number of rotatable bonds is 4. The lowest BCUT2D eigenvalue weighted by molar-refractivity contribution is 0.0697. The van der Waals surface area contributed by atoms with Crippen LogP contribution in [-0.2, 0) is 0 Å². The molecule has 1 atom stereocenters. The summed E-state index contributed by atoms with van der Waals surface area (Å²) < 4.78 is 0. The number of nitrogens with one attached hydrogen (secondary N) is 1. The summed E-state index contributed by atoms with van der Waals surface area (Å²) >= 11 is 12.2. The van der Waals surface area contributed by atoms with Gasteiger partial charge in [-0.25, -0.2) is 4.79 Å². The highest BCUT2D eigenvalue weighted by Crippen LogP contribution is 2.32. The molecular weight excluding hydrogens is 309 g/mol. The highest BCUT2D eigenvalue weighted by Gasteiger charge is 2.13. The summed E-state index contributed by atoms with van der Waals surface area (Å²) in [5, 5.41) is 13.4. The zero-order chi connectivity index (χ0) is 15.6. The highest BCUT2D eigenvalue weighted by molar-refractivity contribution is 6.42. The van der Waals surface area contributed by atoms with Gasteiger partial charge in [-0.2, -0.15) is 0 Å². The van der Waals surface area contributed by atoms with Crippen molar-refractivity contribution in [2.24, 2.45) is 0 Å². The Hall–Kier alpha value is -1.71. The van der Waals surface area contributed by atoms with E-state index in [1.807, 2.05) is 26.0 Å². The van der Waals surface area contributed by atoms with Gasteiger partial charge in [-0.3, -0.25) is 0 Å². The number of hydrogen-bond donors (Lipinski definition) is 2. The van der Waals surface area contributed by atoms with Gasteiger partial charge in [0.15, 0.2) is 0 Å². The van der Waals surface area contributed by atoms with E-state index in [1.165, 1.54) is 0 Å². The first-order chi connectivity index (χ1) is 9.90. The second kappa shape index (κ2) is 6.37. The summed E-state index contributed by atoms with van der Waals surface area (Å²) in [6.45, 7) is 3.87. The minimum atomic E-state index is -0.952. The van der Waals surface area contributed by atoms with Gasteiger partial charge >= 0.3 is 5.97 Å². The Bertz CT molecular complexity index is 686. The van der Waals surface area contributed by atoms with Gasteiger partial charge in [-0.05, 0) is 43.2 Å². The number of aromatic carboxylic acids is 1. The average Bonchev–Trinajstić information content (AvgIpc) is 2.43. The zero-order valence-corrected chi connectivity index (χ0v) is 13.2. The average molecular weight is 324 g/mol. The van der Waals surface area contributed by atoms with Crippen molar-refractivity contribution in [2.75, 3.05) is 5.32 Å². The van der Waals surface area contributed by atoms with E-state index in [2.05, 4.69) is 5.32 Å². The molecule has 0 fully saturated rings. The highest BCUT2D eigenvalue weighted by atomic mass is 35.5. The molecule has 5 heteroatoms. The van der Waals surface area contributed by atoms with E-state index in [0.29, 0.717) is 10.0 Å². The smallest absolute Gasteiger partial charge is 0.335 e. The molecular formula is C16H15Cl2NO2. The van der Waals surface area contributed by atoms with Crippen LogP contribution in [0.25, 0.3) is 0 Å². The van der Waals surface area contributed by atoms with E-state index in [0.717, 1.165) is 16.8 Å². The molecule has 0 aliphatic heterocycles. The minimum Gasteiger partial charge on any atom is -0.478 e. The monoisotopic (exact) mass is 323 g/mol. The van der Waals surface area contributed by atoms with Gasteiger partial charge in [-0.15, -0.1) is 0 Å². The van der Waals surface area contributed by atoms with E-state index in [-0.39, 0.29) is 11.6 Å². The van der Waals surface area contributed by atoms with Gasteiger partial charge in [0.2, 0.25) is 0 Å². The molecule has 2 aromatic rings. The first-order valence-electron chi connectivity index (χ1n) is 6.44. The van der Waals surface area contributed by atoms with Crippen molar-refractivity contribution < 1.29 is 9.90 Å². The summed E-state index contributed by atoms with van der Waals surface area (Å²) in [4.78, 5) is 11.1. The van der Waals surface area contributed by atoms with Crippen LogP contribution >= 0.6 is 23.2 Å². The van der Waals surface area contributed by atoms with Crippen molar-refractivity contribution in [3.05, 3.63) is 63.1 Å².